The topological polar surface area (TPSA) is 46.5 Å². The molecule has 0 aliphatic rings. The maximum absolute atomic E-state index is 11.1. The molecule has 0 aromatic heterocycles. The minimum Gasteiger partial charge on any atom is -0.475 e. The molecule has 0 rings (SSSR count). The average Bonchev–Trinajstić information content (AvgIpc) is 1.67. The lowest BCUT2D eigenvalue weighted by Crippen LogP contribution is -2.01. The van der Waals surface area contributed by atoms with Crippen molar-refractivity contribution in [3.05, 3.63) is 12.3 Å². The lowest BCUT2D eigenvalue weighted by atomic mass is 10.6. The second-order valence-electron chi connectivity index (χ2n) is 0.982. The number of hydrogen-bond acceptors (Lipinski definition) is 2. The van der Waals surface area contributed by atoms with Crippen LogP contribution in [0.15, 0.2) is 12.3 Å². The monoisotopic (exact) mass is 120 g/mol. The van der Waals surface area contributed by atoms with Crippen LogP contribution in [0.2, 0.25) is 0 Å². The first-order chi connectivity index (χ1) is 3.68. The second kappa shape index (κ2) is 3.01. The minimum absolute atomic E-state index is 0.576. The maximum Gasteiger partial charge on any atom is 0.370 e. The predicted octanol–water partition coefficient (Wildman–Crippen LogP) is 0.528. The molecule has 0 aliphatic heterocycles. The van der Waals surface area contributed by atoms with Crippen LogP contribution in [0, 0.1) is 0 Å². The van der Waals surface area contributed by atoms with Crippen LogP contribution in [0.1, 0.15) is 0 Å². The van der Waals surface area contributed by atoms with Crippen LogP contribution in [0.3, 0.4) is 0 Å². The highest BCUT2D eigenvalue weighted by molar-refractivity contribution is 5.83. The molecule has 4 heteroatoms. The SMILES string of the molecule is C=C(OCF)C(=O)O. The molecule has 0 fully saturated rings. The van der Waals surface area contributed by atoms with Crippen LogP contribution >= 0.6 is 0 Å². The van der Waals surface area contributed by atoms with Gasteiger partial charge in [0.15, 0.2) is 5.76 Å². The molecule has 0 aromatic carbocycles. The van der Waals surface area contributed by atoms with Crippen molar-refractivity contribution < 1.29 is 19.0 Å². The highest BCUT2D eigenvalue weighted by atomic mass is 19.1. The third kappa shape index (κ3) is 2.17. The fraction of sp³-hybridized carbons (Fsp3) is 0.250. The Morgan fingerprint density at radius 3 is 2.50 bits per heavy atom. The number of ether oxygens (including phenoxy) is 1. The van der Waals surface area contributed by atoms with Crippen LogP contribution in [0.25, 0.3) is 0 Å². The number of hydrogen-bond donors (Lipinski definition) is 1. The van der Waals surface area contributed by atoms with Gasteiger partial charge in [-0.1, -0.05) is 0 Å². The lowest BCUT2D eigenvalue weighted by Gasteiger charge is -1.95. The van der Waals surface area contributed by atoms with Crippen molar-refractivity contribution in [2.45, 2.75) is 0 Å². The number of carbonyl (C=O) groups is 1. The van der Waals surface area contributed by atoms with E-state index in [1.54, 1.807) is 0 Å². The number of carboxylic acid groups (broad SMARTS) is 1. The summed E-state index contributed by atoms with van der Waals surface area (Å²) in [7, 11) is 0. The van der Waals surface area contributed by atoms with E-state index in [1.165, 1.54) is 0 Å². The zero-order valence-electron chi connectivity index (χ0n) is 4.06. The zero-order valence-corrected chi connectivity index (χ0v) is 4.06. The molecule has 1 N–H and O–H groups in total. The maximum atomic E-state index is 11.1. The van der Waals surface area contributed by atoms with Crippen LogP contribution in [-0.4, -0.2) is 17.9 Å². The van der Waals surface area contributed by atoms with E-state index in [2.05, 4.69) is 11.3 Å². The average molecular weight is 120 g/mol. The predicted molar refractivity (Wildman–Crippen MR) is 23.8 cm³/mol. The molecule has 0 radical (unpaired) electrons. The van der Waals surface area contributed by atoms with Gasteiger partial charge >= 0.3 is 5.97 Å². The Balaban J connectivity index is 3.49. The van der Waals surface area contributed by atoms with Gasteiger partial charge in [0.05, 0.1) is 0 Å². The van der Waals surface area contributed by atoms with Crippen molar-refractivity contribution in [3.8, 4) is 0 Å². The summed E-state index contributed by atoms with van der Waals surface area (Å²) in [6, 6.07) is 0. The molecular weight excluding hydrogens is 115 g/mol. The van der Waals surface area contributed by atoms with Crippen LogP contribution < -0.4 is 0 Å². The molecular formula is C4H5FO3. The third-order valence-electron chi connectivity index (χ3n) is 0.467. The zero-order chi connectivity index (χ0) is 6.57. The van der Waals surface area contributed by atoms with Crippen molar-refractivity contribution in [1.29, 1.82) is 0 Å². The molecule has 0 spiro atoms. The molecule has 0 saturated heterocycles. The van der Waals surface area contributed by atoms with E-state index in [4.69, 9.17) is 5.11 Å². The Morgan fingerprint density at radius 2 is 2.38 bits per heavy atom. The van der Waals surface area contributed by atoms with Gasteiger partial charge in [-0.3, -0.25) is 0 Å². The van der Waals surface area contributed by atoms with Gasteiger partial charge < -0.3 is 9.84 Å². The van der Waals surface area contributed by atoms with Crippen LogP contribution in [0.5, 0.6) is 0 Å². The first-order valence-electron chi connectivity index (χ1n) is 1.79. The van der Waals surface area contributed by atoms with Gasteiger partial charge in [-0.15, -0.1) is 0 Å². The fourth-order valence-corrected chi connectivity index (χ4v) is 0.128. The summed E-state index contributed by atoms with van der Waals surface area (Å²) in [5, 5.41) is 7.92. The van der Waals surface area contributed by atoms with Crippen molar-refractivity contribution >= 4 is 5.97 Å². The van der Waals surface area contributed by atoms with Gasteiger partial charge in [-0.25, -0.2) is 9.18 Å². The van der Waals surface area contributed by atoms with E-state index in [0.717, 1.165) is 0 Å². The highest BCUT2D eigenvalue weighted by Crippen LogP contribution is 1.91. The summed E-state index contributed by atoms with van der Waals surface area (Å²) in [4.78, 5) is 9.70. The van der Waals surface area contributed by atoms with Gasteiger partial charge in [0.1, 0.15) is 0 Å². The third-order valence-corrected chi connectivity index (χ3v) is 0.467. The summed E-state index contributed by atoms with van der Waals surface area (Å²) < 4.78 is 14.9. The van der Waals surface area contributed by atoms with Crippen LogP contribution in [0.4, 0.5) is 4.39 Å². The fourth-order valence-electron chi connectivity index (χ4n) is 0.128. The smallest absolute Gasteiger partial charge is 0.370 e. The first kappa shape index (κ1) is 6.94. The van der Waals surface area contributed by atoms with Crippen molar-refractivity contribution in [1.82, 2.24) is 0 Å². The Hall–Kier alpha value is -1.06. The highest BCUT2D eigenvalue weighted by Gasteiger charge is 2.01. The summed E-state index contributed by atoms with van der Waals surface area (Å²) in [5.41, 5.74) is 0. The van der Waals surface area contributed by atoms with E-state index < -0.39 is 18.6 Å². The van der Waals surface area contributed by atoms with Gasteiger partial charge in [0.25, 0.3) is 0 Å². The van der Waals surface area contributed by atoms with Crippen LogP contribution in [-0.2, 0) is 9.53 Å². The largest absolute Gasteiger partial charge is 0.475 e. The summed E-state index contributed by atoms with van der Waals surface area (Å²) >= 11 is 0. The molecule has 0 heterocycles. The Morgan fingerprint density at radius 1 is 1.88 bits per heavy atom. The van der Waals surface area contributed by atoms with E-state index in [-0.39, 0.29) is 0 Å². The standard InChI is InChI=1S/C4H5FO3/c1-3(4(6)7)8-2-5/h1-2H2,(H,6,7). The Bertz CT molecular complexity index is 110. The molecule has 3 nitrogen and oxygen atoms in total. The molecule has 0 saturated carbocycles. The molecule has 8 heavy (non-hydrogen) atoms. The van der Waals surface area contributed by atoms with Crippen molar-refractivity contribution in [2.24, 2.45) is 0 Å². The molecule has 0 bridgehead atoms. The van der Waals surface area contributed by atoms with E-state index in [9.17, 15) is 9.18 Å². The number of rotatable bonds is 3. The Kier molecular flexibility index (Phi) is 2.61. The number of aliphatic carboxylic acids is 1. The number of halogens is 1. The molecule has 0 unspecified atom stereocenters. The molecule has 46 valence electrons. The molecule has 0 atom stereocenters. The van der Waals surface area contributed by atoms with Gasteiger partial charge in [0, 0.05) is 0 Å². The molecule has 0 aliphatic carbocycles. The summed E-state index contributed by atoms with van der Waals surface area (Å²) in [5.74, 6) is -1.92. The number of carboxylic acids is 1. The van der Waals surface area contributed by atoms with Gasteiger partial charge in [0.2, 0.25) is 6.86 Å². The number of alkyl halides is 1. The normalized spacial score (nSPS) is 8.12. The first-order valence-corrected chi connectivity index (χ1v) is 1.79. The van der Waals surface area contributed by atoms with Crippen molar-refractivity contribution in [2.75, 3.05) is 6.86 Å². The quantitative estimate of drug-likeness (QED) is 0.436. The van der Waals surface area contributed by atoms with E-state index >= 15 is 0 Å². The molecule has 0 aromatic rings. The Labute approximate surface area is 45.4 Å². The minimum atomic E-state index is -1.34. The summed E-state index contributed by atoms with van der Waals surface area (Å²) in [6.07, 6.45) is 0. The van der Waals surface area contributed by atoms with Gasteiger partial charge in [-0.05, 0) is 6.58 Å². The summed E-state index contributed by atoms with van der Waals surface area (Å²) in [6.45, 7) is 1.73. The lowest BCUT2D eigenvalue weighted by molar-refractivity contribution is -0.137. The second-order valence-corrected chi connectivity index (χ2v) is 0.982. The van der Waals surface area contributed by atoms with Crippen molar-refractivity contribution in [3.63, 3.8) is 0 Å². The van der Waals surface area contributed by atoms with E-state index in [0.29, 0.717) is 0 Å². The van der Waals surface area contributed by atoms with E-state index in [1.807, 2.05) is 0 Å². The van der Waals surface area contributed by atoms with Gasteiger partial charge in [-0.2, -0.15) is 0 Å². The molecule has 0 amide bonds.